The molecule has 0 N–H and O–H groups in total. The van der Waals surface area contributed by atoms with Gasteiger partial charge in [-0.1, -0.05) is 30.3 Å². The lowest BCUT2D eigenvalue weighted by Gasteiger charge is -2.39. The van der Waals surface area contributed by atoms with Crippen LogP contribution in [0.25, 0.3) is 0 Å². The molecule has 5 rings (SSSR count). The summed E-state index contributed by atoms with van der Waals surface area (Å²) >= 11 is 0. The maximum Gasteiger partial charge on any atom is 0.192 e. The first kappa shape index (κ1) is 11.2. The zero-order chi connectivity index (χ0) is 12.8. The first-order valence-corrected chi connectivity index (χ1v) is 7.10. The highest BCUT2D eigenvalue weighted by Crippen LogP contribution is 2.45. The van der Waals surface area contributed by atoms with Crippen LogP contribution in [0.5, 0.6) is 0 Å². The van der Waals surface area contributed by atoms with Gasteiger partial charge in [-0.05, 0) is 12.5 Å². The highest BCUT2D eigenvalue weighted by atomic mass is 16.5. The number of ether oxygens (including phenoxy) is 1. The minimum absolute atomic E-state index is 0.326. The average Bonchev–Trinajstić information content (AvgIpc) is 2.48. The number of fused-ring (bicyclic) bond motifs is 1. The molecule has 1 aromatic carbocycles. The van der Waals surface area contributed by atoms with Gasteiger partial charge >= 0.3 is 0 Å². The van der Waals surface area contributed by atoms with E-state index in [4.69, 9.17) is 4.74 Å². The highest BCUT2D eigenvalue weighted by molar-refractivity contribution is 5.42. The van der Waals surface area contributed by atoms with Crippen LogP contribution in [0, 0.1) is 0 Å². The summed E-state index contributed by atoms with van der Waals surface area (Å²) in [6.45, 7) is 2.89. The molecule has 1 aliphatic carbocycles. The van der Waals surface area contributed by atoms with Gasteiger partial charge in [0.15, 0.2) is 17.9 Å². The largest absolute Gasteiger partial charge is 0.377 e. The van der Waals surface area contributed by atoms with Crippen LogP contribution < -0.4 is 4.57 Å². The number of rotatable bonds is 2. The molecule has 3 heterocycles. The van der Waals surface area contributed by atoms with E-state index in [9.17, 15) is 0 Å². The molecule has 3 atom stereocenters. The molecule has 1 aromatic heterocycles. The first-order chi connectivity index (χ1) is 9.40. The molecule has 0 saturated heterocycles. The van der Waals surface area contributed by atoms with Crippen LogP contribution in [0.15, 0.2) is 48.7 Å². The van der Waals surface area contributed by atoms with Crippen LogP contribution in [0.1, 0.15) is 42.1 Å². The van der Waals surface area contributed by atoms with Crippen molar-refractivity contribution in [2.24, 2.45) is 0 Å². The van der Waals surface area contributed by atoms with Crippen molar-refractivity contribution in [3.8, 4) is 0 Å². The lowest BCUT2D eigenvalue weighted by Crippen LogP contribution is -2.56. The lowest BCUT2D eigenvalue weighted by atomic mass is 9.72. The van der Waals surface area contributed by atoms with Crippen LogP contribution >= 0.6 is 0 Å². The van der Waals surface area contributed by atoms with Crippen molar-refractivity contribution in [2.45, 2.75) is 31.4 Å². The van der Waals surface area contributed by atoms with Crippen molar-refractivity contribution in [3.05, 3.63) is 65.5 Å². The number of nitrogens with zero attached hydrogens (tertiary/aromatic N) is 1. The average molecular weight is 252 g/mol. The third-order valence-electron chi connectivity index (χ3n) is 4.48. The van der Waals surface area contributed by atoms with E-state index in [1.807, 2.05) is 0 Å². The molecule has 2 heteroatoms. The normalized spacial score (nSPS) is 26.9. The fourth-order valence-corrected chi connectivity index (χ4v) is 3.79. The summed E-state index contributed by atoms with van der Waals surface area (Å²) in [6.07, 6.45) is 3.63. The maximum atomic E-state index is 6.02. The third kappa shape index (κ3) is 1.50. The van der Waals surface area contributed by atoms with Crippen molar-refractivity contribution in [1.82, 2.24) is 0 Å². The second-order valence-corrected chi connectivity index (χ2v) is 5.38. The summed E-state index contributed by atoms with van der Waals surface area (Å²) in [5.74, 6) is 0.391. The zero-order valence-corrected chi connectivity index (χ0v) is 11.1. The van der Waals surface area contributed by atoms with Crippen LogP contribution in [0.3, 0.4) is 0 Å². The van der Waals surface area contributed by atoms with Gasteiger partial charge < -0.3 is 4.74 Å². The second kappa shape index (κ2) is 4.17. The Kier molecular flexibility index (Phi) is 2.46. The summed E-state index contributed by atoms with van der Waals surface area (Å²) in [5, 5.41) is 0. The Morgan fingerprint density at radius 3 is 2.74 bits per heavy atom. The Hall–Kier alpha value is -1.67. The fraction of sp³-hybridized carbons (Fsp3) is 0.353. The fourth-order valence-electron chi connectivity index (χ4n) is 3.79. The Bertz CT molecular complexity index is 575. The van der Waals surface area contributed by atoms with Crippen molar-refractivity contribution < 1.29 is 9.30 Å². The standard InChI is InChI=1S/C17H18NO/c1-2-19-16-11-15-12-7-3-4-8-13(12)17(16)14-9-5-6-10-18(14)15/h3-10,15-17H,2,11H2,1H3/q+1/t15-,16-,17-/m1/s1. The van der Waals surface area contributed by atoms with E-state index in [1.165, 1.54) is 16.8 Å². The molecule has 2 nitrogen and oxygen atoms in total. The van der Waals surface area contributed by atoms with Crippen molar-refractivity contribution in [3.63, 3.8) is 0 Å². The Balaban J connectivity index is 1.93. The number of hydrogen-bond donors (Lipinski definition) is 0. The van der Waals surface area contributed by atoms with E-state index in [0.29, 0.717) is 18.1 Å². The van der Waals surface area contributed by atoms with Crippen molar-refractivity contribution in [2.75, 3.05) is 6.61 Å². The monoisotopic (exact) mass is 252 g/mol. The quantitative estimate of drug-likeness (QED) is 0.749. The van der Waals surface area contributed by atoms with Gasteiger partial charge in [-0.2, -0.15) is 4.57 Å². The van der Waals surface area contributed by atoms with Gasteiger partial charge in [-0.15, -0.1) is 0 Å². The smallest absolute Gasteiger partial charge is 0.192 e. The molecular formula is C17H18NO+. The van der Waals surface area contributed by atoms with Gasteiger partial charge in [0, 0.05) is 30.7 Å². The van der Waals surface area contributed by atoms with E-state index >= 15 is 0 Å². The second-order valence-electron chi connectivity index (χ2n) is 5.38. The Morgan fingerprint density at radius 2 is 1.89 bits per heavy atom. The molecule has 0 amide bonds. The van der Waals surface area contributed by atoms with E-state index in [-0.39, 0.29) is 0 Å². The highest BCUT2D eigenvalue weighted by Gasteiger charge is 2.49. The molecule has 19 heavy (non-hydrogen) atoms. The SMILES string of the molecule is CCO[C@@H]1C[C@@H]2c3ccccc3[C@@H]1c1cccc[n+]12. The molecular weight excluding hydrogens is 234 g/mol. The molecule has 0 fully saturated rings. The Morgan fingerprint density at radius 1 is 1.11 bits per heavy atom. The van der Waals surface area contributed by atoms with Crippen LogP contribution in [0.2, 0.25) is 0 Å². The third-order valence-corrected chi connectivity index (χ3v) is 4.48. The lowest BCUT2D eigenvalue weighted by molar-refractivity contribution is -0.732. The topological polar surface area (TPSA) is 13.1 Å². The molecule has 2 aliphatic heterocycles. The van der Waals surface area contributed by atoms with E-state index < -0.39 is 0 Å². The van der Waals surface area contributed by atoms with Gasteiger partial charge in [0.25, 0.3) is 0 Å². The zero-order valence-electron chi connectivity index (χ0n) is 11.1. The van der Waals surface area contributed by atoms with Gasteiger partial charge in [-0.3, -0.25) is 0 Å². The summed E-state index contributed by atoms with van der Waals surface area (Å²) in [7, 11) is 0. The van der Waals surface area contributed by atoms with Gasteiger partial charge in [0.1, 0.15) is 0 Å². The van der Waals surface area contributed by atoms with Gasteiger partial charge in [0.2, 0.25) is 0 Å². The summed E-state index contributed by atoms with van der Waals surface area (Å²) < 4.78 is 8.45. The predicted octanol–water partition coefficient (Wildman–Crippen LogP) is 2.82. The molecule has 96 valence electrons. The van der Waals surface area contributed by atoms with Crippen molar-refractivity contribution in [1.29, 1.82) is 0 Å². The van der Waals surface area contributed by atoms with E-state index in [2.05, 4.69) is 60.2 Å². The molecule has 2 bridgehead atoms. The minimum Gasteiger partial charge on any atom is -0.377 e. The van der Waals surface area contributed by atoms with E-state index in [1.54, 1.807) is 0 Å². The van der Waals surface area contributed by atoms with Crippen molar-refractivity contribution >= 4 is 0 Å². The maximum absolute atomic E-state index is 6.02. The van der Waals surface area contributed by atoms with Crippen LogP contribution in [-0.2, 0) is 4.74 Å². The molecule has 0 saturated carbocycles. The molecule has 0 spiro atoms. The molecule has 0 radical (unpaired) electrons. The summed E-state index contributed by atoms with van der Waals surface area (Å²) in [4.78, 5) is 0. The molecule has 3 aliphatic rings. The summed E-state index contributed by atoms with van der Waals surface area (Å²) in [6, 6.07) is 15.8. The molecule has 2 aromatic rings. The predicted molar refractivity (Wildman–Crippen MR) is 73.1 cm³/mol. The molecule has 0 unspecified atom stereocenters. The van der Waals surface area contributed by atoms with E-state index in [0.717, 1.165) is 13.0 Å². The van der Waals surface area contributed by atoms with Gasteiger partial charge in [-0.25, -0.2) is 0 Å². The van der Waals surface area contributed by atoms with Crippen LogP contribution in [0.4, 0.5) is 0 Å². The number of pyridine rings is 1. The van der Waals surface area contributed by atoms with Gasteiger partial charge in [0.05, 0.1) is 12.0 Å². The number of hydrogen-bond acceptors (Lipinski definition) is 1. The first-order valence-electron chi connectivity index (χ1n) is 7.10. The number of aromatic nitrogens is 1. The number of benzene rings is 1. The van der Waals surface area contributed by atoms with Crippen LogP contribution in [-0.4, -0.2) is 12.7 Å². The Labute approximate surface area is 113 Å². The summed E-state index contributed by atoms with van der Waals surface area (Å²) in [5.41, 5.74) is 4.34. The minimum atomic E-state index is 0.326.